The van der Waals surface area contributed by atoms with Crippen molar-refractivity contribution in [2.24, 2.45) is 0 Å². The van der Waals surface area contributed by atoms with Crippen LogP contribution in [0, 0.1) is 0 Å². The van der Waals surface area contributed by atoms with Crippen molar-refractivity contribution in [2.75, 3.05) is 0 Å². The van der Waals surface area contributed by atoms with Crippen molar-refractivity contribution in [3.63, 3.8) is 0 Å². The molecule has 4 aromatic heterocycles. The number of benzene rings is 1. The third-order valence-corrected chi connectivity index (χ3v) is 6.36. The Balaban J connectivity index is 1.61. The van der Waals surface area contributed by atoms with Gasteiger partial charge in [0.1, 0.15) is 0 Å². The number of carbonyl (C=O) groups is 1. The van der Waals surface area contributed by atoms with Gasteiger partial charge in [-0.3, -0.25) is 9.78 Å². The number of rotatable bonds is 6. The molecule has 1 N–H and O–H groups in total. The monoisotopic (exact) mass is 453 g/mol. The number of amides is 1. The first-order chi connectivity index (χ1) is 16.1. The Morgan fingerprint density at radius 2 is 1.85 bits per heavy atom. The molecule has 6 nitrogen and oxygen atoms in total. The summed E-state index contributed by atoms with van der Waals surface area (Å²) in [6.45, 7) is 4.11. The maximum atomic E-state index is 13.7. The third-order valence-electron chi connectivity index (χ3n) is 5.47. The number of aromatic nitrogens is 4. The first-order valence-corrected chi connectivity index (χ1v) is 11.7. The van der Waals surface area contributed by atoms with E-state index in [0.717, 1.165) is 27.2 Å². The molecule has 1 unspecified atom stereocenters. The highest BCUT2D eigenvalue weighted by Gasteiger charge is 2.23. The van der Waals surface area contributed by atoms with Gasteiger partial charge in [-0.1, -0.05) is 42.5 Å². The highest BCUT2D eigenvalue weighted by atomic mass is 32.1. The van der Waals surface area contributed by atoms with Crippen LogP contribution in [0.1, 0.15) is 47.5 Å². The number of hydrogen-bond acceptors (Lipinski definition) is 5. The topological polar surface area (TPSA) is 72.7 Å². The molecule has 0 fully saturated rings. The van der Waals surface area contributed by atoms with Gasteiger partial charge in [-0.2, -0.15) is 5.10 Å². The molecule has 0 aliphatic rings. The minimum atomic E-state index is -0.381. The van der Waals surface area contributed by atoms with Crippen molar-refractivity contribution >= 4 is 28.3 Å². The average molecular weight is 454 g/mol. The van der Waals surface area contributed by atoms with Crippen LogP contribution in [0.5, 0.6) is 0 Å². The molecule has 1 atom stereocenters. The van der Waals surface area contributed by atoms with Gasteiger partial charge in [0, 0.05) is 12.2 Å². The lowest BCUT2D eigenvalue weighted by Gasteiger charge is -2.19. The fraction of sp³-hybridized carbons (Fsp3) is 0.154. The molecule has 5 rings (SSSR count). The first kappa shape index (κ1) is 21.0. The van der Waals surface area contributed by atoms with Gasteiger partial charge in [0.15, 0.2) is 5.65 Å². The predicted octanol–water partition coefficient (Wildman–Crippen LogP) is 5.66. The molecule has 0 aliphatic carbocycles. The lowest BCUT2D eigenvalue weighted by Crippen LogP contribution is -2.30. The number of nitrogens with zero attached hydrogens (tertiary/aromatic N) is 4. The molecule has 33 heavy (non-hydrogen) atoms. The molecular weight excluding hydrogens is 430 g/mol. The molecule has 1 aromatic carbocycles. The molecule has 7 heteroatoms. The highest BCUT2D eigenvalue weighted by Crippen LogP contribution is 2.30. The van der Waals surface area contributed by atoms with E-state index >= 15 is 0 Å². The Morgan fingerprint density at radius 3 is 2.55 bits per heavy atom. The second kappa shape index (κ2) is 8.96. The molecule has 0 spiro atoms. The van der Waals surface area contributed by atoms with Crippen molar-refractivity contribution in [3.05, 3.63) is 101 Å². The van der Waals surface area contributed by atoms with Gasteiger partial charge in [0.05, 0.1) is 39.5 Å². The molecule has 1 amide bonds. The molecule has 0 saturated heterocycles. The van der Waals surface area contributed by atoms with Gasteiger partial charge in [0.2, 0.25) is 0 Å². The summed E-state index contributed by atoms with van der Waals surface area (Å²) in [5, 5.41) is 10.5. The first-order valence-electron chi connectivity index (χ1n) is 10.8. The quantitative estimate of drug-likeness (QED) is 0.360. The summed E-state index contributed by atoms with van der Waals surface area (Å²) < 4.78 is 1.86. The summed E-state index contributed by atoms with van der Waals surface area (Å²) in [5.41, 5.74) is 3.76. The summed E-state index contributed by atoms with van der Waals surface area (Å²) in [6.07, 6.45) is 3.47. The van der Waals surface area contributed by atoms with Gasteiger partial charge >= 0.3 is 0 Å². The van der Waals surface area contributed by atoms with E-state index in [1.54, 1.807) is 23.7 Å². The summed E-state index contributed by atoms with van der Waals surface area (Å²) in [4.78, 5) is 24.1. The minimum absolute atomic E-state index is 0.120. The SMILES string of the molecule is CC(C)n1ncc2c(C(=O)NC(c3ccccc3)c3ccccn3)cc(-c3cccs3)nc21. The van der Waals surface area contributed by atoms with Gasteiger partial charge in [-0.05, 0) is 49.1 Å². The van der Waals surface area contributed by atoms with Crippen LogP contribution < -0.4 is 5.32 Å². The van der Waals surface area contributed by atoms with Crippen LogP contribution in [-0.4, -0.2) is 25.7 Å². The normalized spacial score (nSPS) is 12.2. The fourth-order valence-corrected chi connectivity index (χ4v) is 4.55. The summed E-state index contributed by atoms with van der Waals surface area (Å²) in [6, 6.07) is 21.2. The predicted molar refractivity (Wildman–Crippen MR) is 131 cm³/mol. The van der Waals surface area contributed by atoms with E-state index in [9.17, 15) is 4.79 Å². The Kier molecular flexibility index (Phi) is 5.71. The number of nitrogens with one attached hydrogen (secondary N) is 1. The zero-order valence-corrected chi connectivity index (χ0v) is 19.2. The van der Waals surface area contributed by atoms with Crippen LogP contribution in [0.4, 0.5) is 0 Å². The van der Waals surface area contributed by atoms with E-state index in [1.165, 1.54) is 0 Å². The van der Waals surface area contributed by atoms with Crippen molar-refractivity contribution in [3.8, 4) is 10.6 Å². The largest absolute Gasteiger partial charge is 0.340 e. The number of pyridine rings is 2. The molecule has 164 valence electrons. The number of hydrogen-bond donors (Lipinski definition) is 1. The van der Waals surface area contributed by atoms with Gasteiger partial charge in [-0.15, -0.1) is 11.3 Å². The Morgan fingerprint density at radius 1 is 1.03 bits per heavy atom. The molecule has 4 heterocycles. The van der Waals surface area contributed by atoms with Crippen LogP contribution in [0.3, 0.4) is 0 Å². The summed E-state index contributed by atoms with van der Waals surface area (Å²) in [7, 11) is 0. The highest BCUT2D eigenvalue weighted by molar-refractivity contribution is 7.13. The molecule has 5 aromatic rings. The summed E-state index contributed by atoms with van der Waals surface area (Å²) in [5.74, 6) is -0.192. The van der Waals surface area contributed by atoms with E-state index in [4.69, 9.17) is 4.98 Å². The van der Waals surface area contributed by atoms with Crippen LogP contribution >= 0.6 is 11.3 Å². The van der Waals surface area contributed by atoms with Crippen LogP contribution in [0.15, 0.2) is 84.5 Å². The second-order valence-electron chi connectivity index (χ2n) is 8.02. The van der Waals surface area contributed by atoms with Crippen molar-refractivity contribution < 1.29 is 4.79 Å². The van der Waals surface area contributed by atoms with Gasteiger partial charge in [0.25, 0.3) is 5.91 Å². The van der Waals surface area contributed by atoms with E-state index in [1.807, 2.05) is 76.8 Å². The standard InChI is InChI=1S/C26H23N5OS/c1-17(2)31-25-20(16-28-31)19(15-22(29-25)23-12-8-14-33-23)26(32)30-24(18-9-4-3-5-10-18)21-11-6-7-13-27-21/h3-17,24H,1-2H3,(H,30,32). The summed E-state index contributed by atoms with van der Waals surface area (Å²) >= 11 is 1.60. The fourth-order valence-electron chi connectivity index (χ4n) is 3.86. The van der Waals surface area contributed by atoms with Crippen molar-refractivity contribution in [2.45, 2.75) is 25.9 Å². The molecular formula is C26H23N5OS. The Labute approximate surface area is 196 Å². The third kappa shape index (κ3) is 4.15. The second-order valence-corrected chi connectivity index (χ2v) is 8.97. The Hall–Kier alpha value is -3.84. The van der Waals surface area contributed by atoms with Gasteiger partial charge in [-0.25, -0.2) is 9.67 Å². The van der Waals surface area contributed by atoms with Gasteiger partial charge < -0.3 is 5.32 Å². The smallest absolute Gasteiger partial charge is 0.252 e. The van der Waals surface area contributed by atoms with E-state index in [2.05, 4.69) is 29.2 Å². The molecule has 0 bridgehead atoms. The van der Waals surface area contributed by atoms with Crippen molar-refractivity contribution in [1.29, 1.82) is 0 Å². The zero-order chi connectivity index (χ0) is 22.8. The molecule has 0 saturated carbocycles. The zero-order valence-electron chi connectivity index (χ0n) is 18.3. The van der Waals surface area contributed by atoms with E-state index in [-0.39, 0.29) is 18.0 Å². The lowest BCUT2D eigenvalue weighted by molar-refractivity contribution is 0.0944. The number of carbonyl (C=O) groups excluding carboxylic acids is 1. The average Bonchev–Trinajstić information content (AvgIpc) is 3.53. The Bertz CT molecular complexity index is 1340. The number of fused-ring (bicyclic) bond motifs is 1. The van der Waals surface area contributed by atoms with Crippen LogP contribution in [0.25, 0.3) is 21.6 Å². The maximum Gasteiger partial charge on any atom is 0.252 e. The lowest BCUT2D eigenvalue weighted by atomic mass is 10.0. The maximum absolute atomic E-state index is 13.7. The van der Waals surface area contributed by atoms with Crippen LogP contribution in [0.2, 0.25) is 0 Å². The minimum Gasteiger partial charge on any atom is -0.340 e. The van der Waals surface area contributed by atoms with E-state index in [0.29, 0.717) is 11.2 Å². The van der Waals surface area contributed by atoms with E-state index < -0.39 is 0 Å². The van der Waals surface area contributed by atoms with Crippen LogP contribution in [-0.2, 0) is 0 Å². The number of thiophene rings is 1. The molecule has 0 radical (unpaired) electrons. The molecule has 0 aliphatic heterocycles. The van der Waals surface area contributed by atoms with Crippen molar-refractivity contribution in [1.82, 2.24) is 25.1 Å².